The Morgan fingerprint density at radius 3 is 2.56 bits per heavy atom. The number of anilines is 1. The third-order valence-corrected chi connectivity index (χ3v) is 1.89. The van der Waals surface area contributed by atoms with Crippen LogP contribution in [0.25, 0.3) is 0 Å². The van der Waals surface area contributed by atoms with Gasteiger partial charge in [-0.1, -0.05) is 0 Å². The average Bonchev–Trinajstić information content (AvgIpc) is 2.31. The number of aromatic nitrogens is 2. The molecule has 1 heterocycles. The quantitative estimate of drug-likeness (QED) is 0.679. The van der Waals surface area contributed by atoms with Crippen molar-refractivity contribution in [2.45, 2.75) is 20.5 Å². The summed E-state index contributed by atoms with van der Waals surface area (Å²) in [5.74, 6) is 0.792. The summed E-state index contributed by atoms with van der Waals surface area (Å²) in [5.41, 5.74) is 0.832. The molecule has 1 aromatic rings. The zero-order valence-electron chi connectivity index (χ0n) is 9.90. The van der Waals surface area contributed by atoms with Gasteiger partial charge in [0.25, 0.3) is 0 Å². The van der Waals surface area contributed by atoms with Crippen LogP contribution < -0.4 is 5.32 Å². The minimum atomic E-state index is 0.479. The van der Waals surface area contributed by atoms with Crippen LogP contribution in [0.2, 0.25) is 0 Å². The lowest BCUT2D eigenvalue weighted by molar-refractivity contribution is 0.0440. The summed E-state index contributed by atoms with van der Waals surface area (Å²) in [6, 6.07) is 0. The first-order valence-corrected chi connectivity index (χ1v) is 5.57. The SMILES string of the molecule is CCNc1cnc(COCCOCC)cn1. The van der Waals surface area contributed by atoms with Crippen LogP contribution in [-0.4, -0.2) is 36.3 Å². The lowest BCUT2D eigenvalue weighted by Gasteiger charge is -2.05. The molecule has 0 saturated heterocycles. The largest absolute Gasteiger partial charge is 0.379 e. The van der Waals surface area contributed by atoms with Crippen molar-refractivity contribution in [1.29, 1.82) is 0 Å². The summed E-state index contributed by atoms with van der Waals surface area (Å²) in [7, 11) is 0. The second-order valence-electron chi connectivity index (χ2n) is 3.17. The molecule has 1 N–H and O–H groups in total. The van der Waals surface area contributed by atoms with Crippen LogP contribution in [0.15, 0.2) is 12.4 Å². The maximum Gasteiger partial charge on any atom is 0.144 e. The highest BCUT2D eigenvalue weighted by Gasteiger charge is 1.97. The van der Waals surface area contributed by atoms with E-state index in [4.69, 9.17) is 9.47 Å². The van der Waals surface area contributed by atoms with Crippen LogP contribution >= 0.6 is 0 Å². The lowest BCUT2D eigenvalue weighted by atomic mass is 10.5. The fourth-order valence-electron chi connectivity index (χ4n) is 1.14. The Morgan fingerprint density at radius 1 is 1.12 bits per heavy atom. The van der Waals surface area contributed by atoms with E-state index in [0.29, 0.717) is 19.8 Å². The Hall–Kier alpha value is -1.20. The van der Waals surface area contributed by atoms with Gasteiger partial charge in [0.1, 0.15) is 5.82 Å². The van der Waals surface area contributed by atoms with Crippen LogP contribution in [0.3, 0.4) is 0 Å². The smallest absolute Gasteiger partial charge is 0.144 e. The molecule has 0 aliphatic rings. The van der Waals surface area contributed by atoms with Gasteiger partial charge in [-0.2, -0.15) is 0 Å². The molecular formula is C11H19N3O2. The minimum absolute atomic E-state index is 0.479. The Kier molecular flexibility index (Phi) is 6.44. The standard InChI is InChI=1S/C11H19N3O2/c1-3-12-11-8-13-10(7-14-11)9-16-6-5-15-4-2/h7-8H,3-6,9H2,1-2H3,(H,12,14). The Morgan fingerprint density at radius 2 is 1.94 bits per heavy atom. The summed E-state index contributed by atoms with van der Waals surface area (Å²) >= 11 is 0. The first-order valence-electron chi connectivity index (χ1n) is 5.57. The molecule has 5 nitrogen and oxygen atoms in total. The number of rotatable bonds is 8. The van der Waals surface area contributed by atoms with E-state index < -0.39 is 0 Å². The number of hydrogen-bond donors (Lipinski definition) is 1. The summed E-state index contributed by atoms with van der Waals surface area (Å²) in [6.45, 7) is 7.24. The first kappa shape index (κ1) is 12.9. The van der Waals surface area contributed by atoms with E-state index in [9.17, 15) is 0 Å². The molecule has 1 rings (SSSR count). The van der Waals surface area contributed by atoms with Crippen molar-refractivity contribution in [2.75, 3.05) is 31.7 Å². The van der Waals surface area contributed by atoms with Gasteiger partial charge in [0, 0.05) is 13.2 Å². The second-order valence-corrected chi connectivity index (χ2v) is 3.17. The van der Waals surface area contributed by atoms with Crippen LogP contribution in [0.1, 0.15) is 19.5 Å². The van der Waals surface area contributed by atoms with Gasteiger partial charge in [0.15, 0.2) is 0 Å². The van der Waals surface area contributed by atoms with E-state index in [2.05, 4.69) is 15.3 Å². The van der Waals surface area contributed by atoms with Gasteiger partial charge in [0.2, 0.25) is 0 Å². The van der Waals surface area contributed by atoms with E-state index in [1.165, 1.54) is 0 Å². The summed E-state index contributed by atoms with van der Waals surface area (Å²) in [5, 5.41) is 3.08. The number of nitrogens with zero attached hydrogens (tertiary/aromatic N) is 2. The maximum atomic E-state index is 5.37. The highest BCUT2D eigenvalue weighted by molar-refractivity contribution is 5.30. The van der Waals surface area contributed by atoms with Crippen LogP contribution in [-0.2, 0) is 16.1 Å². The van der Waals surface area contributed by atoms with Crippen molar-refractivity contribution in [3.63, 3.8) is 0 Å². The molecule has 0 aliphatic carbocycles. The fraction of sp³-hybridized carbons (Fsp3) is 0.636. The fourth-order valence-corrected chi connectivity index (χ4v) is 1.14. The van der Waals surface area contributed by atoms with Crippen LogP contribution in [0, 0.1) is 0 Å². The van der Waals surface area contributed by atoms with Crippen molar-refractivity contribution in [2.24, 2.45) is 0 Å². The van der Waals surface area contributed by atoms with Crippen molar-refractivity contribution in [3.05, 3.63) is 18.1 Å². The van der Waals surface area contributed by atoms with Gasteiger partial charge in [-0.15, -0.1) is 0 Å². The summed E-state index contributed by atoms with van der Waals surface area (Å²) in [6.07, 6.45) is 3.43. The molecule has 0 fully saturated rings. The normalized spacial score (nSPS) is 10.4. The van der Waals surface area contributed by atoms with Gasteiger partial charge in [0.05, 0.1) is 37.9 Å². The molecule has 5 heteroatoms. The predicted octanol–water partition coefficient (Wildman–Crippen LogP) is 1.46. The zero-order valence-corrected chi connectivity index (χ0v) is 9.90. The number of hydrogen-bond acceptors (Lipinski definition) is 5. The predicted molar refractivity (Wildman–Crippen MR) is 62.3 cm³/mol. The van der Waals surface area contributed by atoms with Gasteiger partial charge >= 0.3 is 0 Å². The summed E-state index contributed by atoms with van der Waals surface area (Å²) < 4.78 is 10.5. The van der Waals surface area contributed by atoms with Gasteiger partial charge in [-0.25, -0.2) is 4.98 Å². The monoisotopic (exact) mass is 225 g/mol. The number of nitrogens with one attached hydrogen (secondary N) is 1. The third-order valence-electron chi connectivity index (χ3n) is 1.89. The summed E-state index contributed by atoms with van der Waals surface area (Å²) in [4.78, 5) is 8.42. The highest BCUT2D eigenvalue weighted by atomic mass is 16.5. The molecule has 0 bridgehead atoms. The molecule has 0 atom stereocenters. The molecule has 90 valence electrons. The minimum Gasteiger partial charge on any atom is -0.379 e. The van der Waals surface area contributed by atoms with E-state index in [1.54, 1.807) is 12.4 Å². The van der Waals surface area contributed by atoms with Crippen LogP contribution in [0.5, 0.6) is 0 Å². The average molecular weight is 225 g/mol. The highest BCUT2D eigenvalue weighted by Crippen LogP contribution is 2.01. The van der Waals surface area contributed by atoms with E-state index >= 15 is 0 Å². The Bertz CT molecular complexity index is 277. The molecule has 0 aromatic carbocycles. The van der Waals surface area contributed by atoms with Crippen molar-refractivity contribution in [3.8, 4) is 0 Å². The molecule has 16 heavy (non-hydrogen) atoms. The molecule has 0 radical (unpaired) electrons. The van der Waals surface area contributed by atoms with E-state index in [-0.39, 0.29) is 0 Å². The molecule has 0 amide bonds. The van der Waals surface area contributed by atoms with Crippen LogP contribution in [0.4, 0.5) is 5.82 Å². The lowest BCUT2D eigenvalue weighted by Crippen LogP contribution is -2.06. The molecule has 0 spiro atoms. The van der Waals surface area contributed by atoms with E-state index in [1.807, 2.05) is 13.8 Å². The number of ether oxygens (including phenoxy) is 2. The topological polar surface area (TPSA) is 56.3 Å². The maximum absolute atomic E-state index is 5.37. The van der Waals surface area contributed by atoms with Gasteiger partial charge in [-0.3, -0.25) is 4.98 Å². The molecular weight excluding hydrogens is 206 g/mol. The molecule has 0 saturated carbocycles. The second kappa shape index (κ2) is 8.01. The van der Waals surface area contributed by atoms with Crippen molar-refractivity contribution >= 4 is 5.82 Å². The molecule has 0 unspecified atom stereocenters. The Labute approximate surface area is 96.2 Å². The third kappa shape index (κ3) is 5.04. The van der Waals surface area contributed by atoms with E-state index in [0.717, 1.165) is 24.7 Å². The van der Waals surface area contributed by atoms with Crippen molar-refractivity contribution < 1.29 is 9.47 Å². The first-order chi connectivity index (χ1) is 7.86. The van der Waals surface area contributed by atoms with Gasteiger partial charge in [-0.05, 0) is 13.8 Å². The Balaban J connectivity index is 2.21. The zero-order chi connectivity index (χ0) is 11.6. The molecule has 1 aromatic heterocycles. The molecule has 0 aliphatic heterocycles. The van der Waals surface area contributed by atoms with Crippen molar-refractivity contribution in [1.82, 2.24) is 9.97 Å². The van der Waals surface area contributed by atoms with Gasteiger partial charge < -0.3 is 14.8 Å².